The van der Waals surface area contributed by atoms with Crippen molar-refractivity contribution in [3.63, 3.8) is 0 Å². The molecule has 0 saturated heterocycles. The molecule has 0 unspecified atom stereocenters. The van der Waals surface area contributed by atoms with Crippen molar-refractivity contribution in [1.82, 2.24) is 9.55 Å². The van der Waals surface area contributed by atoms with Gasteiger partial charge in [-0.1, -0.05) is 23.7 Å². The first-order valence-electron chi connectivity index (χ1n) is 4.59. The van der Waals surface area contributed by atoms with Gasteiger partial charge in [0.1, 0.15) is 0 Å². The summed E-state index contributed by atoms with van der Waals surface area (Å²) in [6, 6.07) is 7.78. The maximum absolute atomic E-state index is 5.80. The lowest BCUT2D eigenvalue weighted by Crippen LogP contribution is -1.95. The monoisotopic (exact) mass is 240 g/mol. The molecule has 2 rings (SSSR count). The standard InChI is InChI=1S/C11H10Cl2N2/c12-5-11-7-15(8-14-11)6-9-1-3-10(13)4-2-9/h1-4,7-8H,5-6H2. The van der Waals surface area contributed by atoms with Gasteiger partial charge in [-0.15, -0.1) is 11.6 Å². The van der Waals surface area contributed by atoms with E-state index in [0.29, 0.717) is 5.88 Å². The van der Waals surface area contributed by atoms with Gasteiger partial charge in [0.2, 0.25) is 0 Å². The van der Waals surface area contributed by atoms with Crippen LogP contribution in [0.3, 0.4) is 0 Å². The summed E-state index contributed by atoms with van der Waals surface area (Å²) in [5.41, 5.74) is 2.09. The van der Waals surface area contributed by atoms with Crippen molar-refractivity contribution in [2.45, 2.75) is 12.4 Å². The summed E-state index contributed by atoms with van der Waals surface area (Å²) in [6.45, 7) is 0.793. The molecule has 0 atom stereocenters. The van der Waals surface area contributed by atoms with Crippen LogP contribution >= 0.6 is 23.2 Å². The number of benzene rings is 1. The summed E-state index contributed by atoms with van der Waals surface area (Å²) in [5, 5.41) is 0.755. The van der Waals surface area contributed by atoms with Crippen LogP contribution in [0.4, 0.5) is 0 Å². The van der Waals surface area contributed by atoms with Crippen molar-refractivity contribution in [3.05, 3.63) is 53.1 Å². The van der Waals surface area contributed by atoms with Crippen LogP contribution in [0.2, 0.25) is 5.02 Å². The largest absolute Gasteiger partial charge is 0.333 e. The minimum Gasteiger partial charge on any atom is -0.333 e. The highest BCUT2D eigenvalue weighted by molar-refractivity contribution is 6.30. The zero-order valence-corrected chi connectivity index (χ0v) is 9.54. The maximum Gasteiger partial charge on any atom is 0.0953 e. The molecule has 0 N–H and O–H groups in total. The fourth-order valence-electron chi connectivity index (χ4n) is 1.36. The smallest absolute Gasteiger partial charge is 0.0953 e. The third-order valence-corrected chi connectivity index (χ3v) is 2.63. The number of alkyl halides is 1. The number of nitrogens with zero attached hydrogens (tertiary/aromatic N) is 2. The van der Waals surface area contributed by atoms with Gasteiger partial charge in [0, 0.05) is 17.8 Å². The number of imidazole rings is 1. The highest BCUT2D eigenvalue weighted by atomic mass is 35.5. The summed E-state index contributed by atoms with van der Waals surface area (Å²) in [5.74, 6) is 0.452. The van der Waals surface area contributed by atoms with Crippen LogP contribution in [0, 0.1) is 0 Å². The van der Waals surface area contributed by atoms with Crippen LogP contribution in [0.25, 0.3) is 0 Å². The normalized spacial score (nSPS) is 10.5. The van der Waals surface area contributed by atoms with Gasteiger partial charge in [0.15, 0.2) is 0 Å². The first-order valence-corrected chi connectivity index (χ1v) is 5.50. The average molecular weight is 241 g/mol. The summed E-state index contributed by atoms with van der Waals surface area (Å²) < 4.78 is 2.00. The number of hydrogen-bond donors (Lipinski definition) is 0. The highest BCUT2D eigenvalue weighted by Crippen LogP contribution is 2.11. The fraction of sp³-hybridized carbons (Fsp3) is 0.182. The van der Waals surface area contributed by atoms with E-state index < -0.39 is 0 Å². The van der Waals surface area contributed by atoms with Crippen LogP contribution in [0.1, 0.15) is 11.3 Å². The van der Waals surface area contributed by atoms with Crippen LogP contribution in [0.5, 0.6) is 0 Å². The third kappa shape index (κ3) is 2.74. The molecule has 0 fully saturated rings. The second kappa shape index (κ2) is 4.69. The van der Waals surface area contributed by atoms with E-state index in [1.54, 1.807) is 6.33 Å². The molecule has 1 aromatic heterocycles. The second-order valence-electron chi connectivity index (χ2n) is 3.30. The molecular weight excluding hydrogens is 231 g/mol. The van der Waals surface area contributed by atoms with Crippen LogP contribution in [0.15, 0.2) is 36.8 Å². The Morgan fingerprint density at radius 2 is 1.93 bits per heavy atom. The maximum atomic E-state index is 5.80. The van der Waals surface area contributed by atoms with E-state index in [4.69, 9.17) is 23.2 Å². The molecule has 0 aliphatic carbocycles. The Labute approximate surface area is 98.5 Å². The molecule has 0 aliphatic heterocycles. The Morgan fingerprint density at radius 1 is 1.20 bits per heavy atom. The second-order valence-corrected chi connectivity index (χ2v) is 4.00. The molecule has 4 heteroatoms. The summed E-state index contributed by atoms with van der Waals surface area (Å²) in [6.07, 6.45) is 3.73. The molecule has 2 aromatic rings. The van der Waals surface area contributed by atoms with Crippen LogP contribution < -0.4 is 0 Å². The van der Waals surface area contributed by atoms with Crippen molar-refractivity contribution in [3.8, 4) is 0 Å². The molecule has 2 nitrogen and oxygen atoms in total. The first-order chi connectivity index (χ1) is 7.28. The molecule has 0 saturated carbocycles. The lowest BCUT2D eigenvalue weighted by molar-refractivity contribution is 0.797. The molecule has 0 amide bonds. The van der Waals surface area contributed by atoms with E-state index in [1.165, 1.54) is 5.56 Å². The number of rotatable bonds is 3. The minimum absolute atomic E-state index is 0.452. The fourth-order valence-corrected chi connectivity index (χ4v) is 1.63. The molecule has 0 spiro atoms. The van der Waals surface area contributed by atoms with Gasteiger partial charge in [-0.2, -0.15) is 0 Å². The minimum atomic E-state index is 0.452. The van der Waals surface area contributed by atoms with Gasteiger partial charge in [-0.3, -0.25) is 0 Å². The van der Waals surface area contributed by atoms with E-state index in [2.05, 4.69) is 4.98 Å². The van der Waals surface area contributed by atoms with Gasteiger partial charge in [-0.25, -0.2) is 4.98 Å². The molecule has 0 radical (unpaired) electrons. The Morgan fingerprint density at radius 3 is 2.53 bits per heavy atom. The third-order valence-electron chi connectivity index (χ3n) is 2.10. The Balaban J connectivity index is 2.11. The SMILES string of the molecule is ClCc1cn(Cc2ccc(Cl)cc2)cn1. The van der Waals surface area contributed by atoms with Crippen LogP contribution in [-0.2, 0) is 12.4 Å². The topological polar surface area (TPSA) is 17.8 Å². The van der Waals surface area contributed by atoms with Crippen molar-refractivity contribution < 1.29 is 0 Å². The molecular formula is C11H10Cl2N2. The first kappa shape index (κ1) is 10.5. The number of hydrogen-bond acceptors (Lipinski definition) is 1. The lowest BCUT2D eigenvalue weighted by atomic mass is 10.2. The Hall–Kier alpha value is -0.990. The molecule has 0 aliphatic rings. The summed E-state index contributed by atoms with van der Waals surface area (Å²) >= 11 is 11.5. The van der Waals surface area contributed by atoms with E-state index in [9.17, 15) is 0 Å². The van der Waals surface area contributed by atoms with Crippen molar-refractivity contribution in [2.24, 2.45) is 0 Å². The zero-order valence-electron chi connectivity index (χ0n) is 8.03. The molecule has 78 valence electrons. The molecule has 1 aromatic carbocycles. The highest BCUT2D eigenvalue weighted by Gasteiger charge is 1.98. The Kier molecular flexibility index (Phi) is 3.29. The zero-order chi connectivity index (χ0) is 10.7. The van der Waals surface area contributed by atoms with E-state index in [1.807, 2.05) is 35.0 Å². The Bertz CT molecular complexity index is 434. The van der Waals surface area contributed by atoms with E-state index in [-0.39, 0.29) is 0 Å². The predicted octanol–water partition coefficient (Wildman–Crippen LogP) is 3.32. The summed E-state index contributed by atoms with van der Waals surface area (Å²) in [7, 11) is 0. The van der Waals surface area contributed by atoms with Gasteiger partial charge < -0.3 is 4.57 Å². The number of aromatic nitrogens is 2. The van der Waals surface area contributed by atoms with E-state index in [0.717, 1.165) is 17.3 Å². The van der Waals surface area contributed by atoms with E-state index >= 15 is 0 Å². The molecule has 0 bridgehead atoms. The van der Waals surface area contributed by atoms with Gasteiger partial charge >= 0.3 is 0 Å². The van der Waals surface area contributed by atoms with Crippen molar-refractivity contribution in [2.75, 3.05) is 0 Å². The van der Waals surface area contributed by atoms with Crippen LogP contribution in [-0.4, -0.2) is 9.55 Å². The van der Waals surface area contributed by atoms with Gasteiger partial charge in [0.05, 0.1) is 17.9 Å². The summed E-state index contributed by atoms with van der Waals surface area (Å²) in [4.78, 5) is 4.15. The van der Waals surface area contributed by atoms with Crippen molar-refractivity contribution in [1.29, 1.82) is 0 Å². The number of halogens is 2. The van der Waals surface area contributed by atoms with Gasteiger partial charge in [-0.05, 0) is 17.7 Å². The van der Waals surface area contributed by atoms with Crippen molar-refractivity contribution >= 4 is 23.2 Å². The lowest BCUT2D eigenvalue weighted by Gasteiger charge is -2.01. The average Bonchev–Trinajstić information content (AvgIpc) is 2.69. The molecule has 1 heterocycles. The van der Waals surface area contributed by atoms with Gasteiger partial charge in [0.25, 0.3) is 0 Å². The predicted molar refractivity (Wildman–Crippen MR) is 62.3 cm³/mol. The quantitative estimate of drug-likeness (QED) is 0.753. The molecule has 15 heavy (non-hydrogen) atoms.